The van der Waals surface area contributed by atoms with Gasteiger partial charge in [0.15, 0.2) is 0 Å². The number of amides is 1. The highest BCUT2D eigenvalue weighted by molar-refractivity contribution is 5.65. The van der Waals surface area contributed by atoms with E-state index >= 15 is 0 Å². The Kier molecular flexibility index (Phi) is 4.16. The first-order valence-electron chi connectivity index (χ1n) is 8.84. The lowest BCUT2D eigenvalue weighted by Crippen LogP contribution is -2.30. The van der Waals surface area contributed by atoms with Gasteiger partial charge in [0.1, 0.15) is 0 Å². The molecule has 0 aromatic heterocycles. The van der Waals surface area contributed by atoms with E-state index in [2.05, 4.69) is 51.1 Å². The fraction of sp³-hybridized carbons (Fsp3) is 0.650. The van der Waals surface area contributed by atoms with Crippen molar-refractivity contribution >= 4 is 6.09 Å². The van der Waals surface area contributed by atoms with Crippen LogP contribution in [0.4, 0.5) is 4.79 Å². The van der Waals surface area contributed by atoms with Gasteiger partial charge >= 0.3 is 6.09 Å². The minimum atomic E-state index is -0.749. The number of hydrogen-bond donors (Lipinski definition) is 1. The molecule has 2 aliphatic rings. The summed E-state index contributed by atoms with van der Waals surface area (Å²) in [7, 11) is 0. The molecule has 23 heavy (non-hydrogen) atoms. The summed E-state index contributed by atoms with van der Waals surface area (Å²) in [5.41, 5.74) is 1.90. The van der Waals surface area contributed by atoms with E-state index < -0.39 is 6.09 Å². The average Bonchev–Trinajstić information content (AvgIpc) is 3.07. The summed E-state index contributed by atoms with van der Waals surface area (Å²) < 4.78 is 0. The molecule has 1 aliphatic carbocycles. The maximum absolute atomic E-state index is 11.3. The van der Waals surface area contributed by atoms with E-state index in [4.69, 9.17) is 0 Å². The smallest absolute Gasteiger partial charge is 0.407 e. The highest BCUT2D eigenvalue weighted by Gasteiger charge is 2.48. The van der Waals surface area contributed by atoms with E-state index in [1.807, 2.05) is 0 Å². The molecule has 1 saturated carbocycles. The Balaban J connectivity index is 1.80. The average molecular weight is 315 g/mol. The molecule has 2 fully saturated rings. The molecule has 0 radical (unpaired) electrons. The summed E-state index contributed by atoms with van der Waals surface area (Å²) in [6.07, 6.45) is 3.88. The molecule has 3 heteroatoms. The first-order valence-corrected chi connectivity index (χ1v) is 8.84. The van der Waals surface area contributed by atoms with E-state index in [1.54, 1.807) is 4.90 Å². The molecule has 1 heterocycles. The van der Waals surface area contributed by atoms with Gasteiger partial charge in [-0.1, -0.05) is 51.1 Å². The van der Waals surface area contributed by atoms with Crippen molar-refractivity contribution in [3.05, 3.63) is 35.9 Å². The van der Waals surface area contributed by atoms with Gasteiger partial charge in [0.2, 0.25) is 0 Å². The van der Waals surface area contributed by atoms with E-state index in [1.165, 1.54) is 24.8 Å². The van der Waals surface area contributed by atoms with Crippen LogP contribution in [0.2, 0.25) is 0 Å². The van der Waals surface area contributed by atoms with Crippen LogP contribution < -0.4 is 0 Å². The van der Waals surface area contributed by atoms with Crippen molar-refractivity contribution in [2.24, 2.45) is 16.7 Å². The molecule has 1 amide bonds. The zero-order valence-electron chi connectivity index (χ0n) is 14.6. The molecule has 0 bridgehead atoms. The first kappa shape index (κ1) is 16.4. The summed E-state index contributed by atoms with van der Waals surface area (Å²) >= 11 is 0. The summed E-state index contributed by atoms with van der Waals surface area (Å²) in [5, 5.41) is 9.27. The number of likely N-dealkylation sites (tertiary alicyclic amines) is 1. The van der Waals surface area contributed by atoms with E-state index in [-0.39, 0.29) is 10.8 Å². The van der Waals surface area contributed by atoms with Crippen LogP contribution in [0.5, 0.6) is 0 Å². The van der Waals surface area contributed by atoms with Gasteiger partial charge in [-0.25, -0.2) is 4.79 Å². The minimum absolute atomic E-state index is 0.225. The molecule has 1 aliphatic heterocycles. The zero-order chi connectivity index (χ0) is 16.7. The van der Waals surface area contributed by atoms with Gasteiger partial charge in [0.05, 0.1) is 0 Å². The van der Waals surface area contributed by atoms with Crippen molar-refractivity contribution in [1.29, 1.82) is 0 Å². The number of rotatable bonds is 2. The minimum Gasteiger partial charge on any atom is -0.465 e. The van der Waals surface area contributed by atoms with E-state index in [0.29, 0.717) is 18.4 Å². The maximum Gasteiger partial charge on any atom is 0.407 e. The molecule has 3 atom stereocenters. The van der Waals surface area contributed by atoms with Gasteiger partial charge in [-0.2, -0.15) is 0 Å². The highest BCUT2D eigenvalue weighted by Crippen LogP contribution is 2.55. The van der Waals surface area contributed by atoms with Gasteiger partial charge in [0.25, 0.3) is 0 Å². The Morgan fingerprint density at radius 2 is 1.96 bits per heavy atom. The van der Waals surface area contributed by atoms with Crippen LogP contribution >= 0.6 is 0 Å². The van der Waals surface area contributed by atoms with E-state index in [0.717, 1.165) is 13.0 Å². The zero-order valence-corrected chi connectivity index (χ0v) is 14.6. The Bertz CT molecular complexity index is 563. The molecular weight excluding hydrogens is 286 g/mol. The van der Waals surface area contributed by atoms with Crippen molar-refractivity contribution < 1.29 is 9.90 Å². The van der Waals surface area contributed by atoms with Crippen molar-refractivity contribution in [2.45, 2.75) is 52.4 Å². The van der Waals surface area contributed by atoms with Crippen LogP contribution in [0.15, 0.2) is 30.3 Å². The van der Waals surface area contributed by atoms with Crippen LogP contribution in [0.1, 0.15) is 57.9 Å². The van der Waals surface area contributed by atoms with Gasteiger partial charge in [-0.05, 0) is 53.9 Å². The molecule has 1 aromatic carbocycles. The molecule has 3 unspecified atom stereocenters. The largest absolute Gasteiger partial charge is 0.465 e. The number of nitrogens with zero attached hydrogens (tertiary/aromatic N) is 1. The van der Waals surface area contributed by atoms with Crippen LogP contribution in [-0.4, -0.2) is 29.2 Å². The maximum atomic E-state index is 11.3. The van der Waals surface area contributed by atoms with Crippen LogP contribution in [-0.2, 0) is 0 Å². The fourth-order valence-corrected chi connectivity index (χ4v) is 5.15. The second-order valence-corrected chi connectivity index (χ2v) is 8.71. The van der Waals surface area contributed by atoms with Gasteiger partial charge < -0.3 is 10.0 Å². The highest BCUT2D eigenvalue weighted by atomic mass is 16.4. The standard InChI is InChI=1S/C20H29NO2/c1-19(2,3)17(15-7-5-4-6-8-15)16-9-10-20(13-16)11-12-21(14-20)18(22)23/h4-8,16-17H,9-14H2,1-3H3,(H,22,23). The monoisotopic (exact) mass is 315 g/mol. The lowest BCUT2D eigenvalue weighted by molar-refractivity contribution is 0.147. The quantitative estimate of drug-likeness (QED) is 0.835. The summed E-state index contributed by atoms with van der Waals surface area (Å²) in [6.45, 7) is 8.48. The molecule has 1 aromatic rings. The molecular formula is C20H29NO2. The SMILES string of the molecule is CC(C)(C)C(c1ccccc1)C1CCC2(CCN(C(=O)O)C2)C1. The number of benzene rings is 1. The second-order valence-electron chi connectivity index (χ2n) is 8.71. The molecule has 3 nitrogen and oxygen atoms in total. The Labute approximate surface area is 139 Å². The third kappa shape index (κ3) is 3.24. The molecule has 3 rings (SSSR count). The van der Waals surface area contributed by atoms with Crippen LogP contribution in [0, 0.1) is 16.7 Å². The predicted octanol–water partition coefficient (Wildman–Crippen LogP) is 4.99. The number of carbonyl (C=O) groups is 1. The van der Waals surface area contributed by atoms with Crippen molar-refractivity contribution in [3.8, 4) is 0 Å². The lowest BCUT2D eigenvalue weighted by atomic mass is 9.68. The lowest BCUT2D eigenvalue weighted by Gasteiger charge is -2.37. The van der Waals surface area contributed by atoms with Crippen LogP contribution in [0.3, 0.4) is 0 Å². The summed E-state index contributed by atoms with van der Waals surface area (Å²) in [5.74, 6) is 1.20. The van der Waals surface area contributed by atoms with Gasteiger partial charge in [-0.3, -0.25) is 0 Å². The fourth-order valence-electron chi connectivity index (χ4n) is 5.15. The van der Waals surface area contributed by atoms with Crippen molar-refractivity contribution in [1.82, 2.24) is 4.90 Å². The Morgan fingerprint density at radius 1 is 1.26 bits per heavy atom. The van der Waals surface area contributed by atoms with Crippen molar-refractivity contribution in [2.75, 3.05) is 13.1 Å². The molecule has 126 valence electrons. The van der Waals surface area contributed by atoms with E-state index in [9.17, 15) is 9.90 Å². The van der Waals surface area contributed by atoms with Gasteiger partial charge in [0, 0.05) is 13.1 Å². The topological polar surface area (TPSA) is 40.5 Å². The normalized spacial score (nSPS) is 29.2. The predicted molar refractivity (Wildman–Crippen MR) is 92.6 cm³/mol. The Hall–Kier alpha value is -1.51. The molecule has 1 saturated heterocycles. The third-order valence-electron chi connectivity index (χ3n) is 6.01. The van der Waals surface area contributed by atoms with Crippen molar-refractivity contribution in [3.63, 3.8) is 0 Å². The molecule has 1 N–H and O–H groups in total. The van der Waals surface area contributed by atoms with Gasteiger partial charge in [-0.15, -0.1) is 0 Å². The summed E-state index contributed by atoms with van der Waals surface area (Å²) in [6, 6.07) is 10.9. The third-order valence-corrected chi connectivity index (χ3v) is 6.01. The summed E-state index contributed by atoms with van der Waals surface area (Å²) in [4.78, 5) is 12.9. The number of hydrogen-bond acceptors (Lipinski definition) is 1. The van der Waals surface area contributed by atoms with Crippen LogP contribution in [0.25, 0.3) is 0 Å². The Morgan fingerprint density at radius 3 is 2.52 bits per heavy atom. The second kappa shape index (κ2) is 5.85. The molecule has 1 spiro atoms. The number of carboxylic acid groups (broad SMARTS) is 1. The first-order chi connectivity index (χ1) is 10.8.